The summed E-state index contributed by atoms with van der Waals surface area (Å²) in [6, 6.07) is 0. The number of aliphatic hydroxyl groups is 1. The van der Waals surface area contributed by atoms with E-state index in [-0.39, 0.29) is 35.1 Å². The molecule has 1 spiro atoms. The third kappa shape index (κ3) is 1.83. The second kappa shape index (κ2) is 5.01. The first-order valence-corrected chi connectivity index (χ1v) is 10.3. The molecule has 0 aromatic carbocycles. The van der Waals surface area contributed by atoms with Crippen LogP contribution in [0.15, 0.2) is 0 Å². The van der Waals surface area contributed by atoms with Crippen molar-refractivity contribution in [3.63, 3.8) is 0 Å². The molecule has 0 amide bonds. The number of carbonyl (C=O) groups is 1. The lowest BCUT2D eigenvalue weighted by Gasteiger charge is -2.60. The van der Waals surface area contributed by atoms with Crippen molar-refractivity contribution < 1.29 is 19.4 Å². The Labute approximate surface area is 150 Å². The number of ether oxygens (including phenoxy) is 2. The minimum absolute atomic E-state index is 0.0101. The molecule has 0 unspecified atom stereocenters. The zero-order valence-electron chi connectivity index (χ0n) is 15.8. The lowest BCUT2D eigenvalue weighted by Crippen LogP contribution is -2.59. The maximum absolute atomic E-state index is 12.4. The predicted molar refractivity (Wildman–Crippen MR) is 92.7 cm³/mol. The first-order valence-electron chi connectivity index (χ1n) is 10.3. The first kappa shape index (κ1) is 16.6. The Kier molecular flexibility index (Phi) is 3.32. The Morgan fingerprint density at radius 1 is 1.08 bits per heavy atom. The number of epoxide rings is 1. The van der Waals surface area contributed by atoms with Gasteiger partial charge in [-0.15, -0.1) is 0 Å². The van der Waals surface area contributed by atoms with Crippen LogP contribution in [0.1, 0.15) is 65.2 Å². The van der Waals surface area contributed by atoms with Gasteiger partial charge in [-0.05, 0) is 74.5 Å². The molecule has 5 fully saturated rings. The van der Waals surface area contributed by atoms with Crippen molar-refractivity contribution in [3.8, 4) is 0 Å². The fraction of sp³-hybridized carbons (Fsp3) is 0.952. The number of rotatable bonds is 1. The van der Waals surface area contributed by atoms with Crippen LogP contribution in [0, 0.1) is 34.5 Å². The maximum Gasteiger partial charge on any atom is 0.309 e. The Hall–Kier alpha value is -0.610. The van der Waals surface area contributed by atoms with Crippen LogP contribution in [0.2, 0.25) is 0 Å². The van der Waals surface area contributed by atoms with Crippen LogP contribution >= 0.6 is 0 Å². The second-order valence-electron chi connectivity index (χ2n) is 10.1. The molecule has 1 heterocycles. The molecule has 4 nitrogen and oxygen atoms in total. The molecule has 1 aliphatic heterocycles. The molecule has 5 aliphatic rings. The molecule has 0 aromatic heterocycles. The van der Waals surface area contributed by atoms with Gasteiger partial charge in [0.1, 0.15) is 5.60 Å². The van der Waals surface area contributed by atoms with Crippen LogP contribution in [0.5, 0.6) is 0 Å². The summed E-state index contributed by atoms with van der Waals surface area (Å²) >= 11 is 0. The van der Waals surface area contributed by atoms with E-state index in [2.05, 4.69) is 13.8 Å². The van der Waals surface area contributed by atoms with Crippen molar-refractivity contribution in [1.29, 1.82) is 0 Å². The summed E-state index contributed by atoms with van der Waals surface area (Å²) in [7, 11) is 1.52. The van der Waals surface area contributed by atoms with Gasteiger partial charge >= 0.3 is 5.97 Å². The van der Waals surface area contributed by atoms with Gasteiger partial charge in [0.15, 0.2) is 0 Å². The number of aliphatic hydroxyl groups excluding tert-OH is 1. The first-order chi connectivity index (χ1) is 11.9. The van der Waals surface area contributed by atoms with E-state index in [1.807, 2.05) is 0 Å². The molecule has 0 radical (unpaired) electrons. The van der Waals surface area contributed by atoms with Gasteiger partial charge in [0.25, 0.3) is 0 Å². The molecule has 0 bridgehead atoms. The number of carbonyl (C=O) groups excluding carboxylic acids is 1. The van der Waals surface area contributed by atoms with Gasteiger partial charge in [-0.1, -0.05) is 13.8 Å². The quantitative estimate of drug-likeness (QED) is 0.583. The standard InChI is InChI=1S/C21H32O4/c1-19-8-6-13(22)10-12(19)4-5-15-14(19)7-9-20(2)16(18(23)24-3)11-17-21(15,20)25-17/h12-17,22H,4-11H2,1-3H3/t12-,13+,14+,15-,16-,17-,19+,20-,21-/m1/s1. The summed E-state index contributed by atoms with van der Waals surface area (Å²) in [5.41, 5.74) is 0.222. The zero-order chi connectivity index (χ0) is 17.6. The van der Waals surface area contributed by atoms with Gasteiger partial charge < -0.3 is 14.6 Å². The largest absolute Gasteiger partial charge is 0.469 e. The summed E-state index contributed by atoms with van der Waals surface area (Å²) in [5.74, 6) is 1.91. The molecule has 25 heavy (non-hydrogen) atoms. The van der Waals surface area contributed by atoms with Gasteiger partial charge in [-0.25, -0.2) is 0 Å². The Bertz CT molecular complexity index is 605. The van der Waals surface area contributed by atoms with Crippen LogP contribution in [0.3, 0.4) is 0 Å². The summed E-state index contributed by atoms with van der Waals surface area (Å²) in [6.07, 6.45) is 8.82. The fourth-order valence-electron chi connectivity index (χ4n) is 8.17. The van der Waals surface area contributed by atoms with Gasteiger partial charge in [0.05, 0.1) is 25.2 Å². The lowest BCUT2D eigenvalue weighted by molar-refractivity contribution is -0.168. The highest BCUT2D eigenvalue weighted by Gasteiger charge is 2.81. The van der Waals surface area contributed by atoms with Crippen molar-refractivity contribution in [2.45, 2.75) is 83.0 Å². The van der Waals surface area contributed by atoms with E-state index < -0.39 is 0 Å². The monoisotopic (exact) mass is 348 g/mol. The molecule has 4 aliphatic carbocycles. The number of esters is 1. The molecule has 5 rings (SSSR count). The van der Waals surface area contributed by atoms with E-state index in [0.717, 1.165) is 32.1 Å². The predicted octanol–water partition coefficient (Wildman–Crippen LogP) is 3.31. The number of hydrogen-bond acceptors (Lipinski definition) is 4. The number of methoxy groups -OCH3 is 1. The molecular formula is C21H32O4. The second-order valence-corrected chi connectivity index (χ2v) is 10.1. The molecule has 4 heteroatoms. The highest BCUT2D eigenvalue weighted by Crippen LogP contribution is 2.76. The van der Waals surface area contributed by atoms with Gasteiger partial charge in [-0.3, -0.25) is 4.79 Å². The SMILES string of the molecule is COC(=O)[C@H]1C[C@H]2O[C@]23[C@@H]2CC[C@@H]4C[C@@H](O)CC[C@]4(C)[C@H]2CC[C@]13C. The lowest BCUT2D eigenvalue weighted by atomic mass is 9.44. The Morgan fingerprint density at radius 3 is 2.64 bits per heavy atom. The Balaban J connectivity index is 1.49. The number of fused-ring (bicyclic) bond motifs is 3. The van der Waals surface area contributed by atoms with E-state index in [4.69, 9.17) is 9.47 Å². The average Bonchev–Trinajstić information content (AvgIpc) is 3.25. The van der Waals surface area contributed by atoms with Crippen LogP contribution in [-0.2, 0) is 14.3 Å². The van der Waals surface area contributed by atoms with Crippen LogP contribution in [0.25, 0.3) is 0 Å². The van der Waals surface area contributed by atoms with Crippen molar-refractivity contribution >= 4 is 5.97 Å². The van der Waals surface area contributed by atoms with Crippen LogP contribution in [0.4, 0.5) is 0 Å². The molecule has 140 valence electrons. The topological polar surface area (TPSA) is 59.1 Å². The minimum atomic E-state index is -0.0956. The van der Waals surface area contributed by atoms with E-state index >= 15 is 0 Å². The molecule has 9 atom stereocenters. The van der Waals surface area contributed by atoms with Crippen LogP contribution in [-0.4, -0.2) is 36.0 Å². The smallest absolute Gasteiger partial charge is 0.309 e. The summed E-state index contributed by atoms with van der Waals surface area (Å²) in [5, 5.41) is 10.2. The third-order valence-electron chi connectivity index (χ3n) is 9.55. The van der Waals surface area contributed by atoms with Crippen molar-refractivity contribution in [3.05, 3.63) is 0 Å². The Morgan fingerprint density at radius 2 is 1.88 bits per heavy atom. The molecule has 0 aromatic rings. The molecule has 1 saturated heterocycles. The molecule has 4 saturated carbocycles. The van der Waals surface area contributed by atoms with E-state index in [9.17, 15) is 9.90 Å². The van der Waals surface area contributed by atoms with Crippen LogP contribution < -0.4 is 0 Å². The van der Waals surface area contributed by atoms with Gasteiger partial charge in [-0.2, -0.15) is 0 Å². The maximum atomic E-state index is 12.4. The van der Waals surface area contributed by atoms with E-state index in [0.29, 0.717) is 23.2 Å². The average molecular weight is 348 g/mol. The molecule has 1 N–H and O–H groups in total. The third-order valence-corrected chi connectivity index (χ3v) is 9.55. The van der Waals surface area contributed by atoms with Crippen molar-refractivity contribution in [2.24, 2.45) is 34.5 Å². The van der Waals surface area contributed by atoms with Crippen molar-refractivity contribution in [1.82, 2.24) is 0 Å². The number of hydrogen-bond donors (Lipinski definition) is 1. The van der Waals surface area contributed by atoms with Crippen molar-refractivity contribution in [2.75, 3.05) is 7.11 Å². The summed E-state index contributed by atoms with van der Waals surface area (Å²) < 4.78 is 11.6. The van der Waals surface area contributed by atoms with Gasteiger partial charge in [0.2, 0.25) is 0 Å². The molecular weight excluding hydrogens is 316 g/mol. The highest BCUT2D eigenvalue weighted by atomic mass is 16.6. The summed E-state index contributed by atoms with van der Waals surface area (Å²) in [6.45, 7) is 4.79. The zero-order valence-corrected chi connectivity index (χ0v) is 15.8. The van der Waals surface area contributed by atoms with E-state index in [1.54, 1.807) is 0 Å². The fourth-order valence-corrected chi connectivity index (χ4v) is 8.17. The normalized spacial score (nSPS) is 59.2. The van der Waals surface area contributed by atoms with E-state index in [1.165, 1.54) is 26.4 Å². The highest BCUT2D eigenvalue weighted by molar-refractivity contribution is 5.75. The van der Waals surface area contributed by atoms with Gasteiger partial charge in [0, 0.05) is 5.41 Å². The summed E-state index contributed by atoms with van der Waals surface area (Å²) in [4.78, 5) is 12.4. The minimum Gasteiger partial charge on any atom is -0.469 e.